The number of hydrogen-bond donors (Lipinski definition) is 0. The summed E-state index contributed by atoms with van der Waals surface area (Å²) in [6.07, 6.45) is 3.08. The average Bonchev–Trinajstić information content (AvgIpc) is 1.98. The SMILES string of the molecule is C=CCC(C=O)C(C)C(C)=O. The smallest absolute Gasteiger partial charge is 0.133 e. The highest BCUT2D eigenvalue weighted by atomic mass is 16.1. The molecule has 0 radical (unpaired) electrons. The quantitative estimate of drug-likeness (QED) is 0.445. The Hall–Kier alpha value is -0.920. The molecule has 0 spiro atoms. The first-order valence-corrected chi connectivity index (χ1v) is 3.70. The van der Waals surface area contributed by atoms with Crippen LogP contribution < -0.4 is 0 Å². The summed E-state index contributed by atoms with van der Waals surface area (Å²) in [7, 11) is 0. The molecule has 0 aliphatic heterocycles. The molecule has 0 heterocycles. The zero-order valence-electron chi connectivity index (χ0n) is 7.04. The lowest BCUT2D eigenvalue weighted by molar-refractivity contribution is -0.125. The molecule has 2 unspecified atom stereocenters. The molecule has 0 aromatic carbocycles. The Kier molecular flexibility index (Phi) is 4.42. The van der Waals surface area contributed by atoms with Gasteiger partial charge in [0.05, 0.1) is 0 Å². The van der Waals surface area contributed by atoms with E-state index in [1.807, 2.05) is 0 Å². The fraction of sp³-hybridized carbons (Fsp3) is 0.556. The zero-order valence-corrected chi connectivity index (χ0v) is 7.04. The highest BCUT2D eigenvalue weighted by Gasteiger charge is 2.18. The van der Waals surface area contributed by atoms with Crippen LogP contribution in [0, 0.1) is 11.8 Å². The Bertz CT molecular complexity index is 161. The number of rotatable bonds is 5. The van der Waals surface area contributed by atoms with Crippen molar-refractivity contribution >= 4 is 12.1 Å². The molecule has 62 valence electrons. The van der Waals surface area contributed by atoms with E-state index in [9.17, 15) is 9.59 Å². The van der Waals surface area contributed by atoms with E-state index in [-0.39, 0.29) is 17.6 Å². The molecule has 0 aromatic heterocycles. The number of aldehydes is 1. The van der Waals surface area contributed by atoms with Gasteiger partial charge in [0.2, 0.25) is 0 Å². The molecule has 0 rings (SSSR count). The molecule has 0 N–H and O–H groups in total. The van der Waals surface area contributed by atoms with Crippen LogP contribution in [0.4, 0.5) is 0 Å². The van der Waals surface area contributed by atoms with Crippen LogP contribution >= 0.6 is 0 Å². The number of hydrogen-bond acceptors (Lipinski definition) is 2. The highest BCUT2D eigenvalue weighted by molar-refractivity contribution is 5.81. The number of allylic oxidation sites excluding steroid dienone is 1. The van der Waals surface area contributed by atoms with E-state index in [4.69, 9.17) is 0 Å². The summed E-state index contributed by atoms with van der Waals surface area (Å²) in [5, 5.41) is 0. The largest absolute Gasteiger partial charge is 0.303 e. The van der Waals surface area contributed by atoms with Gasteiger partial charge in [-0.15, -0.1) is 6.58 Å². The van der Waals surface area contributed by atoms with Gasteiger partial charge in [0, 0.05) is 11.8 Å². The van der Waals surface area contributed by atoms with Crippen LogP contribution in [-0.4, -0.2) is 12.1 Å². The van der Waals surface area contributed by atoms with E-state index < -0.39 is 0 Å². The van der Waals surface area contributed by atoms with Crippen molar-refractivity contribution < 1.29 is 9.59 Å². The van der Waals surface area contributed by atoms with Crippen molar-refractivity contribution in [2.24, 2.45) is 11.8 Å². The van der Waals surface area contributed by atoms with Crippen molar-refractivity contribution in [3.63, 3.8) is 0 Å². The van der Waals surface area contributed by atoms with Crippen LogP contribution in [0.15, 0.2) is 12.7 Å². The number of carbonyl (C=O) groups is 2. The molecule has 0 saturated heterocycles. The molecule has 2 nitrogen and oxygen atoms in total. The number of Topliss-reactive ketones (excluding diaryl/α,β-unsaturated/α-hetero) is 1. The van der Waals surface area contributed by atoms with Crippen molar-refractivity contribution in [2.75, 3.05) is 0 Å². The van der Waals surface area contributed by atoms with E-state index in [1.54, 1.807) is 13.0 Å². The maximum atomic E-state index is 10.8. The Morgan fingerprint density at radius 3 is 2.45 bits per heavy atom. The van der Waals surface area contributed by atoms with Crippen molar-refractivity contribution in [1.29, 1.82) is 0 Å². The predicted molar refractivity (Wildman–Crippen MR) is 44.2 cm³/mol. The topological polar surface area (TPSA) is 34.1 Å². The van der Waals surface area contributed by atoms with Crippen molar-refractivity contribution in [3.05, 3.63) is 12.7 Å². The normalized spacial score (nSPS) is 15.1. The molecule has 0 fully saturated rings. The fourth-order valence-electron chi connectivity index (χ4n) is 0.871. The van der Waals surface area contributed by atoms with Crippen LogP contribution in [0.1, 0.15) is 20.3 Å². The van der Waals surface area contributed by atoms with Crippen LogP contribution in [-0.2, 0) is 9.59 Å². The molecule has 0 aliphatic carbocycles. The Balaban J connectivity index is 4.11. The summed E-state index contributed by atoms with van der Waals surface area (Å²) >= 11 is 0. The summed E-state index contributed by atoms with van der Waals surface area (Å²) in [6.45, 7) is 6.79. The van der Waals surface area contributed by atoms with Gasteiger partial charge in [0.1, 0.15) is 12.1 Å². The third kappa shape index (κ3) is 3.12. The minimum Gasteiger partial charge on any atom is -0.303 e. The van der Waals surface area contributed by atoms with E-state index in [0.29, 0.717) is 6.42 Å². The van der Waals surface area contributed by atoms with Crippen molar-refractivity contribution in [2.45, 2.75) is 20.3 Å². The second-order valence-electron chi connectivity index (χ2n) is 2.72. The molecule has 2 atom stereocenters. The third-order valence-electron chi connectivity index (χ3n) is 1.90. The van der Waals surface area contributed by atoms with Gasteiger partial charge in [-0.2, -0.15) is 0 Å². The monoisotopic (exact) mass is 154 g/mol. The number of carbonyl (C=O) groups excluding carboxylic acids is 2. The van der Waals surface area contributed by atoms with Crippen molar-refractivity contribution in [1.82, 2.24) is 0 Å². The molecule has 0 saturated carbocycles. The summed E-state index contributed by atoms with van der Waals surface area (Å²) in [5.41, 5.74) is 0. The Labute approximate surface area is 67.3 Å². The lowest BCUT2D eigenvalue weighted by atomic mass is 9.90. The van der Waals surface area contributed by atoms with E-state index in [1.165, 1.54) is 6.92 Å². The van der Waals surface area contributed by atoms with Crippen LogP contribution in [0.2, 0.25) is 0 Å². The van der Waals surface area contributed by atoms with Crippen LogP contribution in [0.25, 0.3) is 0 Å². The summed E-state index contributed by atoms with van der Waals surface area (Å²) in [5.74, 6) is -0.306. The first-order chi connectivity index (χ1) is 5.13. The summed E-state index contributed by atoms with van der Waals surface area (Å²) in [4.78, 5) is 21.3. The minimum atomic E-state index is -0.190. The molecule has 2 heteroatoms. The lowest BCUT2D eigenvalue weighted by Crippen LogP contribution is -2.19. The fourth-order valence-corrected chi connectivity index (χ4v) is 0.871. The molecular weight excluding hydrogens is 140 g/mol. The van der Waals surface area contributed by atoms with Gasteiger partial charge in [0.15, 0.2) is 0 Å². The molecule has 0 bridgehead atoms. The Morgan fingerprint density at radius 1 is 1.64 bits per heavy atom. The maximum absolute atomic E-state index is 10.8. The predicted octanol–water partition coefficient (Wildman–Crippen LogP) is 1.60. The Morgan fingerprint density at radius 2 is 2.18 bits per heavy atom. The van der Waals surface area contributed by atoms with Crippen LogP contribution in [0.3, 0.4) is 0 Å². The highest BCUT2D eigenvalue weighted by Crippen LogP contribution is 2.14. The second-order valence-corrected chi connectivity index (χ2v) is 2.72. The lowest BCUT2D eigenvalue weighted by Gasteiger charge is -2.12. The average molecular weight is 154 g/mol. The van der Waals surface area contributed by atoms with Gasteiger partial charge < -0.3 is 4.79 Å². The first-order valence-electron chi connectivity index (χ1n) is 3.70. The standard InChI is InChI=1S/C9H14O2/c1-4-5-9(6-10)7(2)8(3)11/h4,6-7,9H,1,5H2,2-3H3. The van der Waals surface area contributed by atoms with Crippen LogP contribution in [0.5, 0.6) is 0 Å². The summed E-state index contributed by atoms with van der Waals surface area (Å²) in [6, 6.07) is 0. The summed E-state index contributed by atoms with van der Waals surface area (Å²) < 4.78 is 0. The molecule has 11 heavy (non-hydrogen) atoms. The van der Waals surface area contributed by atoms with E-state index in [0.717, 1.165) is 6.29 Å². The van der Waals surface area contributed by atoms with E-state index in [2.05, 4.69) is 6.58 Å². The molecule has 0 amide bonds. The van der Waals surface area contributed by atoms with Gasteiger partial charge in [0.25, 0.3) is 0 Å². The third-order valence-corrected chi connectivity index (χ3v) is 1.90. The van der Waals surface area contributed by atoms with Gasteiger partial charge in [-0.1, -0.05) is 13.0 Å². The minimum absolute atomic E-state index is 0.0592. The number of ketones is 1. The van der Waals surface area contributed by atoms with Gasteiger partial charge in [-0.05, 0) is 13.3 Å². The van der Waals surface area contributed by atoms with Crippen molar-refractivity contribution in [3.8, 4) is 0 Å². The first kappa shape index (κ1) is 10.1. The van der Waals surface area contributed by atoms with Gasteiger partial charge in [-0.3, -0.25) is 4.79 Å². The maximum Gasteiger partial charge on any atom is 0.133 e. The second kappa shape index (κ2) is 4.83. The van der Waals surface area contributed by atoms with Gasteiger partial charge >= 0.3 is 0 Å². The van der Waals surface area contributed by atoms with Gasteiger partial charge in [-0.25, -0.2) is 0 Å². The molecule has 0 aromatic rings. The van der Waals surface area contributed by atoms with E-state index >= 15 is 0 Å². The molecular formula is C9H14O2. The zero-order chi connectivity index (χ0) is 8.85. The molecule has 0 aliphatic rings.